The van der Waals surface area contributed by atoms with Crippen molar-refractivity contribution in [3.05, 3.63) is 16.1 Å². The van der Waals surface area contributed by atoms with Crippen molar-refractivity contribution in [3.63, 3.8) is 0 Å². The van der Waals surface area contributed by atoms with Crippen LogP contribution in [0.3, 0.4) is 0 Å². The average molecular weight is 396 g/mol. The number of hydrogen-bond donors (Lipinski definition) is 1. The SMILES string of the molecule is CCN(CC)C(N)=NCc1nc(C(C)(C)C)cs1.I. The highest BCUT2D eigenvalue weighted by molar-refractivity contribution is 14.0. The molecule has 0 amide bonds. The van der Waals surface area contributed by atoms with E-state index in [2.05, 4.69) is 50.0 Å². The molecule has 0 atom stereocenters. The smallest absolute Gasteiger partial charge is 0.191 e. The molecule has 0 spiro atoms. The van der Waals surface area contributed by atoms with Crippen LogP contribution in [-0.4, -0.2) is 28.9 Å². The molecule has 0 bridgehead atoms. The van der Waals surface area contributed by atoms with Crippen LogP contribution in [-0.2, 0) is 12.0 Å². The molecule has 6 heteroatoms. The van der Waals surface area contributed by atoms with Crippen LogP contribution in [0.4, 0.5) is 0 Å². The summed E-state index contributed by atoms with van der Waals surface area (Å²) in [6, 6.07) is 0. The summed E-state index contributed by atoms with van der Waals surface area (Å²) in [5.41, 5.74) is 7.16. The first-order valence-electron chi connectivity index (χ1n) is 6.38. The first kappa shape index (κ1) is 18.6. The third kappa shape index (κ3) is 5.64. The van der Waals surface area contributed by atoms with E-state index in [-0.39, 0.29) is 29.4 Å². The lowest BCUT2D eigenvalue weighted by molar-refractivity contribution is 0.458. The van der Waals surface area contributed by atoms with Gasteiger partial charge >= 0.3 is 0 Å². The summed E-state index contributed by atoms with van der Waals surface area (Å²) < 4.78 is 0. The number of nitrogens with two attached hydrogens (primary N) is 1. The molecular formula is C13H25IN4S. The molecule has 0 aliphatic heterocycles. The second kappa shape index (κ2) is 8.04. The second-order valence-corrected chi connectivity index (χ2v) is 6.17. The number of rotatable bonds is 4. The molecule has 1 aromatic rings. The third-order valence-corrected chi connectivity index (χ3v) is 3.62. The number of halogens is 1. The Morgan fingerprint density at radius 1 is 1.37 bits per heavy atom. The predicted octanol–water partition coefficient (Wildman–Crippen LogP) is 3.22. The Morgan fingerprint density at radius 2 is 1.95 bits per heavy atom. The van der Waals surface area contributed by atoms with Gasteiger partial charge in [-0.3, -0.25) is 0 Å². The zero-order valence-corrected chi connectivity index (χ0v) is 15.6. The van der Waals surface area contributed by atoms with Gasteiger partial charge in [0.2, 0.25) is 0 Å². The Labute approximate surface area is 137 Å². The molecule has 0 fully saturated rings. The van der Waals surface area contributed by atoms with Gasteiger partial charge in [-0.25, -0.2) is 9.98 Å². The van der Waals surface area contributed by atoms with E-state index in [1.807, 2.05) is 4.90 Å². The molecule has 2 N–H and O–H groups in total. The van der Waals surface area contributed by atoms with Gasteiger partial charge in [-0.15, -0.1) is 35.3 Å². The van der Waals surface area contributed by atoms with Gasteiger partial charge in [0.05, 0.1) is 12.2 Å². The maximum atomic E-state index is 5.93. The van der Waals surface area contributed by atoms with E-state index >= 15 is 0 Å². The van der Waals surface area contributed by atoms with Crippen molar-refractivity contribution in [2.75, 3.05) is 13.1 Å². The Hall–Kier alpha value is -0.370. The van der Waals surface area contributed by atoms with Crippen molar-refractivity contribution in [3.8, 4) is 0 Å². The standard InChI is InChI=1S/C13H24N4S.HI/c1-6-17(7-2)12(14)15-8-11-16-10(9-18-11)13(3,4)5;/h9H,6-8H2,1-5H3,(H2,14,15);1H. The summed E-state index contributed by atoms with van der Waals surface area (Å²) in [5, 5.41) is 3.13. The highest BCUT2D eigenvalue weighted by Gasteiger charge is 2.17. The molecular weight excluding hydrogens is 371 g/mol. The van der Waals surface area contributed by atoms with Crippen LogP contribution in [0.2, 0.25) is 0 Å². The van der Waals surface area contributed by atoms with E-state index in [0.29, 0.717) is 12.5 Å². The molecule has 0 unspecified atom stereocenters. The lowest BCUT2D eigenvalue weighted by Crippen LogP contribution is -2.37. The maximum absolute atomic E-state index is 5.93. The van der Waals surface area contributed by atoms with E-state index < -0.39 is 0 Å². The number of nitrogens with zero attached hydrogens (tertiary/aromatic N) is 3. The predicted molar refractivity (Wildman–Crippen MR) is 94.5 cm³/mol. The molecule has 0 saturated carbocycles. The van der Waals surface area contributed by atoms with Crippen molar-refractivity contribution in [1.29, 1.82) is 0 Å². The molecule has 19 heavy (non-hydrogen) atoms. The Balaban J connectivity index is 0.00000324. The maximum Gasteiger partial charge on any atom is 0.191 e. The van der Waals surface area contributed by atoms with E-state index in [1.165, 1.54) is 0 Å². The zero-order valence-electron chi connectivity index (χ0n) is 12.4. The van der Waals surface area contributed by atoms with E-state index in [9.17, 15) is 0 Å². The third-order valence-electron chi connectivity index (χ3n) is 2.78. The number of guanidine groups is 1. The normalized spacial score (nSPS) is 12.2. The molecule has 0 saturated heterocycles. The Kier molecular flexibility index (Phi) is 7.88. The molecule has 4 nitrogen and oxygen atoms in total. The summed E-state index contributed by atoms with van der Waals surface area (Å²) in [6.07, 6.45) is 0. The fourth-order valence-electron chi connectivity index (χ4n) is 1.52. The van der Waals surface area contributed by atoms with Crippen LogP contribution < -0.4 is 5.73 Å². The fourth-order valence-corrected chi connectivity index (χ4v) is 2.47. The minimum absolute atomic E-state index is 0. The van der Waals surface area contributed by atoms with Crippen molar-refractivity contribution in [2.45, 2.75) is 46.6 Å². The van der Waals surface area contributed by atoms with Gasteiger partial charge in [-0.1, -0.05) is 20.8 Å². The molecule has 0 aliphatic rings. The Bertz CT molecular complexity index is 405. The van der Waals surface area contributed by atoms with Gasteiger partial charge < -0.3 is 10.6 Å². The van der Waals surface area contributed by atoms with E-state index in [4.69, 9.17) is 5.73 Å². The van der Waals surface area contributed by atoms with Crippen molar-refractivity contribution < 1.29 is 0 Å². The fraction of sp³-hybridized carbons (Fsp3) is 0.692. The molecule has 0 aromatic carbocycles. The zero-order chi connectivity index (χ0) is 13.8. The largest absolute Gasteiger partial charge is 0.370 e. The number of thiazole rings is 1. The van der Waals surface area contributed by atoms with Crippen LogP contribution in [0.25, 0.3) is 0 Å². The van der Waals surface area contributed by atoms with Gasteiger partial charge in [-0.2, -0.15) is 0 Å². The first-order valence-corrected chi connectivity index (χ1v) is 7.26. The molecule has 0 radical (unpaired) electrons. The van der Waals surface area contributed by atoms with Gasteiger partial charge in [0.1, 0.15) is 5.01 Å². The summed E-state index contributed by atoms with van der Waals surface area (Å²) in [4.78, 5) is 11.0. The first-order chi connectivity index (χ1) is 8.38. The molecule has 0 aliphatic carbocycles. The number of hydrogen-bond acceptors (Lipinski definition) is 3. The van der Waals surface area contributed by atoms with Gasteiger partial charge in [0.15, 0.2) is 5.96 Å². The van der Waals surface area contributed by atoms with Crippen LogP contribution >= 0.6 is 35.3 Å². The minimum atomic E-state index is 0. The summed E-state index contributed by atoms with van der Waals surface area (Å²) in [5.74, 6) is 0.604. The van der Waals surface area contributed by atoms with E-state index in [0.717, 1.165) is 23.8 Å². The lowest BCUT2D eigenvalue weighted by Gasteiger charge is -2.19. The topological polar surface area (TPSA) is 54.5 Å². The van der Waals surface area contributed by atoms with Crippen LogP contribution in [0.5, 0.6) is 0 Å². The van der Waals surface area contributed by atoms with Crippen molar-refractivity contribution in [1.82, 2.24) is 9.88 Å². The summed E-state index contributed by atoms with van der Waals surface area (Å²) in [7, 11) is 0. The van der Waals surface area contributed by atoms with Crippen LogP contribution in [0.1, 0.15) is 45.3 Å². The molecule has 1 aromatic heterocycles. The van der Waals surface area contributed by atoms with E-state index in [1.54, 1.807) is 11.3 Å². The molecule has 110 valence electrons. The van der Waals surface area contributed by atoms with Gasteiger partial charge in [0.25, 0.3) is 0 Å². The number of aromatic nitrogens is 1. The molecule has 1 heterocycles. The molecule has 1 rings (SSSR count). The van der Waals surface area contributed by atoms with Crippen LogP contribution in [0.15, 0.2) is 10.4 Å². The highest BCUT2D eigenvalue weighted by atomic mass is 127. The van der Waals surface area contributed by atoms with Crippen LogP contribution in [0, 0.1) is 0 Å². The van der Waals surface area contributed by atoms with Gasteiger partial charge in [0, 0.05) is 23.9 Å². The monoisotopic (exact) mass is 396 g/mol. The number of aliphatic imine (C=N–C) groups is 1. The van der Waals surface area contributed by atoms with Gasteiger partial charge in [-0.05, 0) is 13.8 Å². The van der Waals surface area contributed by atoms with Crippen molar-refractivity contribution in [2.24, 2.45) is 10.7 Å². The lowest BCUT2D eigenvalue weighted by atomic mass is 9.93. The Morgan fingerprint density at radius 3 is 2.37 bits per heavy atom. The summed E-state index contributed by atoms with van der Waals surface area (Å²) in [6.45, 7) is 13.0. The highest BCUT2D eigenvalue weighted by Crippen LogP contribution is 2.24. The minimum Gasteiger partial charge on any atom is -0.370 e. The average Bonchev–Trinajstić information content (AvgIpc) is 2.76. The second-order valence-electron chi connectivity index (χ2n) is 5.22. The quantitative estimate of drug-likeness (QED) is 0.483. The summed E-state index contributed by atoms with van der Waals surface area (Å²) >= 11 is 1.65. The van der Waals surface area contributed by atoms with Crippen molar-refractivity contribution >= 4 is 41.3 Å².